The lowest BCUT2D eigenvalue weighted by atomic mass is 10.2. The zero-order valence-electron chi connectivity index (χ0n) is 13.3. The van der Waals surface area contributed by atoms with Crippen LogP contribution in [0.3, 0.4) is 0 Å². The molecule has 0 aromatic heterocycles. The van der Waals surface area contributed by atoms with Gasteiger partial charge in [-0.3, -0.25) is 4.72 Å². The standard InChI is InChI=1S/C16H13F2NO6S/c1-26(22,23)19-13-9-11(24-7-6-16(20)21)3-5-15(13)25-14-4-2-10(17)8-12(14)18/h2-9,19H,1H3,(H,20,21). The molecule has 0 aliphatic rings. The van der Waals surface area contributed by atoms with Gasteiger partial charge in [0.15, 0.2) is 17.3 Å². The van der Waals surface area contributed by atoms with Crippen molar-refractivity contribution in [3.8, 4) is 17.2 Å². The zero-order valence-corrected chi connectivity index (χ0v) is 14.1. The third-order valence-electron chi connectivity index (χ3n) is 2.77. The Hall–Kier alpha value is -3.14. The fourth-order valence-corrected chi connectivity index (χ4v) is 2.36. The molecule has 2 N–H and O–H groups in total. The van der Waals surface area contributed by atoms with Crippen LogP contribution in [0.1, 0.15) is 0 Å². The third-order valence-corrected chi connectivity index (χ3v) is 3.37. The summed E-state index contributed by atoms with van der Waals surface area (Å²) in [5.41, 5.74) is -0.0857. The van der Waals surface area contributed by atoms with Crippen LogP contribution in [-0.2, 0) is 14.8 Å². The van der Waals surface area contributed by atoms with Gasteiger partial charge in [0.1, 0.15) is 11.6 Å². The molecule has 0 bridgehead atoms. The number of halogens is 2. The molecule has 0 amide bonds. The number of benzene rings is 2. The first-order valence-corrected chi connectivity index (χ1v) is 8.84. The highest BCUT2D eigenvalue weighted by molar-refractivity contribution is 7.92. The lowest BCUT2D eigenvalue weighted by Crippen LogP contribution is -2.10. The zero-order chi connectivity index (χ0) is 19.3. The van der Waals surface area contributed by atoms with Crippen LogP contribution in [0.5, 0.6) is 17.2 Å². The third kappa shape index (κ3) is 5.74. The number of anilines is 1. The number of hydrogen-bond acceptors (Lipinski definition) is 5. The van der Waals surface area contributed by atoms with Crippen molar-refractivity contribution in [2.45, 2.75) is 0 Å². The monoisotopic (exact) mass is 385 g/mol. The van der Waals surface area contributed by atoms with Crippen molar-refractivity contribution in [2.75, 3.05) is 11.0 Å². The predicted molar refractivity (Wildman–Crippen MR) is 88.7 cm³/mol. The smallest absolute Gasteiger partial charge is 0.331 e. The van der Waals surface area contributed by atoms with E-state index in [1.807, 2.05) is 0 Å². The molecule has 0 spiro atoms. The van der Waals surface area contributed by atoms with Crippen LogP contribution in [0.25, 0.3) is 0 Å². The Labute approximate surface area is 147 Å². The van der Waals surface area contributed by atoms with Crippen molar-refractivity contribution in [2.24, 2.45) is 0 Å². The first-order chi connectivity index (χ1) is 12.1. The minimum absolute atomic E-state index is 0.0736. The van der Waals surface area contributed by atoms with Crippen LogP contribution < -0.4 is 14.2 Å². The summed E-state index contributed by atoms with van der Waals surface area (Å²) in [4.78, 5) is 10.4. The number of rotatable bonds is 7. The summed E-state index contributed by atoms with van der Waals surface area (Å²) in [6.07, 6.45) is 2.52. The Kier molecular flexibility index (Phi) is 5.78. The van der Waals surface area contributed by atoms with Gasteiger partial charge in [-0.2, -0.15) is 0 Å². The molecule has 2 rings (SSSR count). The van der Waals surface area contributed by atoms with Crippen LogP contribution in [0.4, 0.5) is 14.5 Å². The van der Waals surface area contributed by atoms with E-state index in [1.165, 1.54) is 18.2 Å². The van der Waals surface area contributed by atoms with Gasteiger partial charge in [-0.15, -0.1) is 0 Å². The average Bonchev–Trinajstić information content (AvgIpc) is 2.50. The number of carbonyl (C=O) groups is 1. The van der Waals surface area contributed by atoms with E-state index in [0.29, 0.717) is 6.07 Å². The molecule has 0 aliphatic heterocycles. The highest BCUT2D eigenvalue weighted by Gasteiger charge is 2.14. The van der Waals surface area contributed by atoms with E-state index in [9.17, 15) is 22.0 Å². The maximum absolute atomic E-state index is 13.7. The molecular weight excluding hydrogens is 372 g/mol. The van der Waals surface area contributed by atoms with Gasteiger partial charge in [0.25, 0.3) is 0 Å². The van der Waals surface area contributed by atoms with Crippen LogP contribution >= 0.6 is 0 Å². The molecular formula is C16H13F2NO6S. The molecule has 0 aliphatic carbocycles. The second-order valence-corrected chi connectivity index (χ2v) is 6.72. The first-order valence-electron chi connectivity index (χ1n) is 6.95. The molecule has 2 aromatic carbocycles. The number of ether oxygens (including phenoxy) is 2. The fraction of sp³-hybridized carbons (Fsp3) is 0.0625. The van der Waals surface area contributed by atoms with Crippen molar-refractivity contribution in [1.82, 2.24) is 0 Å². The van der Waals surface area contributed by atoms with Gasteiger partial charge >= 0.3 is 5.97 Å². The molecule has 2 aromatic rings. The van der Waals surface area contributed by atoms with Gasteiger partial charge in [0, 0.05) is 12.1 Å². The number of carboxylic acids is 1. The summed E-state index contributed by atoms with van der Waals surface area (Å²) in [6, 6.07) is 6.49. The highest BCUT2D eigenvalue weighted by atomic mass is 32.2. The van der Waals surface area contributed by atoms with E-state index in [4.69, 9.17) is 14.6 Å². The van der Waals surface area contributed by atoms with Gasteiger partial charge in [-0.1, -0.05) is 0 Å². The lowest BCUT2D eigenvalue weighted by Gasteiger charge is -2.14. The van der Waals surface area contributed by atoms with Crippen molar-refractivity contribution < 1.29 is 36.6 Å². The number of carboxylic acid groups (broad SMARTS) is 1. The molecule has 0 saturated heterocycles. The van der Waals surface area contributed by atoms with Crippen LogP contribution in [0.2, 0.25) is 0 Å². The molecule has 0 unspecified atom stereocenters. The predicted octanol–water partition coefficient (Wildman–Crippen LogP) is 3.11. The van der Waals surface area contributed by atoms with Crippen molar-refractivity contribution >= 4 is 21.7 Å². The summed E-state index contributed by atoms with van der Waals surface area (Å²) in [6.45, 7) is 0. The maximum Gasteiger partial charge on any atom is 0.331 e. The van der Waals surface area contributed by atoms with Crippen molar-refractivity contribution in [1.29, 1.82) is 0 Å². The average molecular weight is 385 g/mol. The molecule has 0 saturated carbocycles. The quantitative estimate of drug-likeness (QED) is 0.561. The maximum atomic E-state index is 13.7. The van der Waals surface area contributed by atoms with Gasteiger partial charge in [0.2, 0.25) is 10.0 Å². The van der Waals surface area contributed by atoms with Crippen LogP contribution in [0.15, 0.2) is 48.7 Å². The number of sulfonamides is 1. The molecule has 0 heterocycles. The second-order valence-electron chi connectivity index (χ2n) is 4.97. The van der Waals surface area contributed by atoms with E-state index in [-0.39, 0.29) is 22.9 Å². The summed E-state index contributed by atoms with van der Waals surface area (Å²) in [5, 5.41) is 8.51. The minimum Gasteiger partial charge on any atom is -0.478 e. The molecule has 10 heteroatoms. The summed E-state index contributed by atoms with van der Waals surface area (Å²) < 4.78 is 62.2. The van der Waals surface area contributed by atoms with Gasteiger partial charge < -0.3 is 14.6 Å². The number of nitrogens with one attached hydrogen (secondary N) is 1. The van der Waals surface area contributed by atoms with Crippen molar-refractivity contribution in [3.05, 3.63) is 60.4 Å². The van der Waals surface area contributed by atoms with Crippen molar-refractivity contribution in [3.63, 3.8) is 0 Å². The summed E-state index contributed by atoms with van der Waals surface area (Å²) in [7, 11) is -3.71. The highest BCUT2D eigenvalue weighted by Crippen LogP contribution is 2.34. The fourth-order valence-electron chi connectivity index (χ4n) is 1.80. The number of aliphatic carboxylic acids is 1. The molecule has 0 atom stereocenters. The molecule has 138 valence electrons. The van der Waals surface area contributed by atoms with Gasteiger partial charge in [-0.05, 0) is 24.3 Å². The van der Waals surface area contributed by atoms with Crippen LogP contribution in [0, 0.1) is 11.6 Å². The van der Waals surface area contributed by atoms with E-state index in [0.717, 1.165) is 30.7 Å². The Morgan fingerprint density at radius 3 is 2.46 bits per heavy atom. The van der Waals surface area contributed by atoms with Gasteiger partial charge in [-0.25, -0.2) is 22.0 Å². The Morgan fingerprint density at radius 2 is 1.85 bits per heavy atom. The lowest BCUT2D eigenvalue weighted by molar-refractivity contribution is -0.131. The van der Waals surface area contributed by atoms with E-state index in [1.54, 1.807) is 0 Å². The first kappa shape index (κ1) is 19.2. The number of hydrogen-bond donors (Lipinski definition) is 2. The Morgan fingerprint density at radius 1 is 1.15 bits per heavy atom. The second kappa shape index (κ2) is 7.83. The van der Waals surface area contributed by atoms with Gasteiger partial charge in [0.05, 0.1) is 24.3 Å². The minimum atomic E-state index is -3.71. The topological polar surface area (TPSA) is 102 Å². The molecule has 26 heavy (non-hydrogen) atoms. The normalized spacial score (nSPS) is 11.3. The Bertz CT molecular complexity index is 959. The SMILES string of the molecule is CS(=O)(=O)Nc1cc(OC=CC(=O)O)ccc1Oc1ccc(F)cc1F. The summed E-state index contributed by atoms with van der Waals surface area (Å²) >= 11 is 0. The Balaban J connectivity index is 2.35. The molecule has 0 fully saturated rings. The van der Waals surface area contributed by atoms with E-state index < -0.39 is 27.6 Å². The van der Waals surface area contributed by atoms with Crippen LogP contribution in [-0.4, -0.2) is 25.7 Å². The largest absolute Gasteiger partial charge is 0.478 e. The van der Waals surface area contributed by atoms with E-state index >= 15 is 0 Å². The van der Waals surface area contributed by atoms with E-state index in [2.05, 4.69) is 4.72 Å². The molecule has 7 nitrogen and oxygen atoms in total. The molecule has 0 radical (unpaired) electrons. The summed E-state index contributed by atoms with van der Waals surface area (Å²) in [5.74, 6) is -3.29.